The monoisotopic (exact) mass is 404 g/mol. The first kappa shape index (κ1) is 21.3. The maximum atomic E-state index is 12.2. The lowest BCUT2D eigenvalue weighted by Gasteiger charge is -2.07. The van der Waals surface area contributed by atoms with Gasteiger partial charge >= 0.3 is 19.4 Å². The Balaban J connectivity index is 1.93. The number of nitrogen functional groups attached to an aromatic ring is 1. The third kappa shape index (κ3) is 6.60. The van der Waals surface area contributed by atoms with Crippen LogP contribution in [0.2, 0.25) is 0 Å². The summed E-state index contributed by atoms with van der Waals surface area (Å²) in [5.41, 5.74) is 6.28. The number of hydrogen-bond acceptors (Lipinski definition) is 7. The minimum atomic E-state index is -4.16. The van der Waals surface area contributed by atoms with Crippen molar-refractivity contribution in [1.29, 1.82) is 0 Å². The molecule has 13 heteroatoms. The van der Waals surface area contributed by atoms with Crippen LogP contribution in [0.3, 0.4) is 0 Å². The zero-order chi connectivity index (χ0) is 19.9. The number of nitrogens with one attached hydrogen (secondary N) is 2. The molecule has 6 N–H and O–H groups in total. The van der Waals surface area contributed by atoms with Crippen molar-refractivity contribution in [1.82, 2.24) is 24.6 Å². The van der Waals surface area contributed by atoms with Crippen LogP contribution in [0.25, 0.3) is 11.2 Å². The molecule has 152 valence electrons. The highest BCUT2D eigenvalue weighted by Crippen LogP contribution is 2.27. The molecule has 0 saturated carbocycles. The molecule has 0 unspecified atom stereocenters. The molecule has 12 nitrogen and oxygen atoms in total. The van der Waals surface area contributed by atoms with Crippen LogP contribution in [-0.2, 0) is 15.8 Å². The third-order valence-corrected chi connectivity index (χ3v) is 4.41. The predicted octanol–water partition coefficient (Wildman–Crippen LogP) is -0.0303. The molecule has 27 heavy (non-hydrogen) atoms. The summed E-state index contributed by atoms with van der Waals surface area (Å²) in [7, 11) is -2.61. The number of unbranched alkanes of at least 4 members (excludes halogenated alkanes) is 3. The van der Waals surface area contributed by atoms with Crippen molar-refractivity contribution < 1.29 is 23.8 Å². The number of fused-ring (bicyclic) bond motifs is 1. The number of imidazole rings is 1. The summed E-state index contributed by atoms with van der Waals surface area (Å²) in [5, 5.41) is 2.15. The van der Waals surface area contributed by atoms with Crippen molar-refractivity contribution in [2.24, 2.45) is 0 Å². The molecule has 0 radical (unpaired) electrons. The molecule has 2 rings (SSSR count). The number of ether oxygens (including phenoxy) is 2. The fourth-order valence-corrected chi connectivity index (χ4v) is 2.94. The number of aromatic amines is 1. The Morgan fingerprint density at radius 2 is 1.96 bits per heavy atom. The van der Waals surface area contributed by atoms with Gasteiger partial charge in [0.2, 0.25) is 0 Å². The summed E-state index contributed by atoms with van der Waals surface area (Å²) in [6.07, 6.45) is 2.89. The molecule has 0 saturated heterocycles. The number of nitrogens with two attached hydrogens (primary N) is 1. The first-order valence-corrected chi connectivity index (χ1v) is 10.1. The van der Waals surface area contributed by atoms with Crippen molar-refractivity contribution >= 4 is 24.7 Å². The molecule has 2 aromatic heterocycles. The van der Waals surface area contributed by atoms with E-state index in [9.17, 15) is 9.36 Å². The van der Waals surface area contributed by atoms with Crippen LogP contribution in [0.1, 0.15) is 25.7 Å². The molecule has 2 heterocycles. The Bertz CT molecular complexity index is 846. The van der Waals surface area contributed by atoms with E-state index in [0.29, 0.717) is 37.2 Å². The summed E-state index contributed by atoms with van der Waals surface area (Å²) in [6, 6.07) is 0.0771. The lowest BCUT2D eigenvalue weighted by atomic mass is 10.2. The van der Waals surface area contributed by atoms with Crippen LogP contribution in [0.4, 0.5) is 5.82 Å². The van der Waals surface area contributed by atoms with Gasteiger partial charge in [-0.3, -0.25) is 4.57 Å². The molecule has 0 amide bonds. The molecule has 0 aliphatic rings. The number of aromatic nitrogens is 4. The standard InChI is InChI=1S/C14H25N6O6P/c1-25-8-9-26-13-18-11(15)10-12(19-13)20(14(21)17-10)7-5-3-2-4-6-16-27(22,23)24/h2-9H2,1H3,(H,17,21)(H2,15,18,19)(H3,16,22,23,24). The zero-order valence-electron chi connectivity index (χ0n) is 15.1. The van der Waals surface area contributed by atoms with Crippen molar-refractivity contribution in [3.63, 3.8) is 0 Å². The average Bonchev–Trinajstić information content (AvgIpc) is 2.90. The van der Waals surface area contributed by atoms with Crippen molar-refractivity contribution in [3.05, 3.63) is 10.5 Å². The Morgan fingerprint density at radius 3 is 2.67 bits per heavy atom. The Kier molecular flexibility index (Phi) is 7.75. The van der Waals surface area contributed by atoms with Gasteiger partial charge in [-0.15, -0.1) is 0 Å². The summed E-state index contributed by atoms with van der Waals surface area (Å²) < 4.78 is 22.4. The first-order chi connectivity index (χ1) is 12.8. The normalized spacial score (nSPS) is 12.0. The van der Waals surface area contributed by atoms with E-state index in [1.54, 1.807) is 7.11 Å². The number of hydrogen-bond donors (Lipinski definition) is 5. The van der Waals surface area contributed by atoms with Gasteiger partial charge in [-0.25, -0.2) is 14.4 Å². The van der Waals surface area contributed by atoms with Gasteiger partial charge in [0.25, 0.3) is 0 Å². The van der Waals surface area contributed by atoms with E-state index in [1.807, 2.05) is 0 Å². The molecule has 0 bridgehead atoms. The second-order valence-electron chi connectivity index (χ2n) is 5.88. The first-order valence-electron chi connectivity index (χ1n) is 8.50. The molecule has 2 aromatic rings. The molecule has 0 fully saturated rings. The molecular formula is C14H25N6O6P. The lowest BCUT2D eigenvalue weighted by Crippen LogP contribution is -2.17. The van der Waals surface area contributed by atoms with Crippen LogP contribution in [0, 0.1) is 0 Å². The van der Waals surface area contributed by atoms with Crippen LogP contribution >= 0.6 is 7.75 Å². The Hall–Kier alpha value is -1.98. The highest BCUT2D eigenvalue weighted by Gasteiger charge is 2.14. The summed E-state index contributed by atoms with van der Waals surface area (Å²) in [6.45, 7) is 1.30. The number of nitrogens with zero attached hydrogens (tertiary/aromatic N) is 3. The van der Waals surface area contributed by atoms with Crippen LogP contribution < -0.4 is 21.2 Å². The van der Waals surface area contributed by atoms with E-state index in [-0.39, 0.29) is 30.7 Å². The van der Waals surface area contributed by atoms with Crippen LogP contribution in [-0.4, -0.2) is 56.2 Å². The van der Waals surface area contributed by atoms with Gasteiger partial charge < -0.3 is 30.0 Å². The fraction of sp³-hybridized carbons (Fsp3) is 0.643. The SMILES string of the molecule is COCCOc1nc(N)c2[nH]c(=O)n(CCCCCCNP(=O)(O)O)c2n1. The molecule has 0 aliphatic heterocycles. The average molecular weight is 404 g/mol. The van der Waals surface area contributed by atoms with Gasteiger partial charge in [0.1, 0.15) is 12.1 Å². The van der Waals surface area contributed by atoms with Crippen molar-refractivity contribution in [2.75, 3.05) is 32.6 Å². The van der Waals surface area contributed by atoms with Gasteiger partial charge in [-0.1, -0.05) is 12.8 Å². The summed E-state index contributed by atoms with van der Waals surface area (Å²) in [5.74, 6) is 0.131. The van der Waals surface area contributed by atoms with E-state index in [0.717, 1.165) is 12.8 Å². The molecule has 0 aliphatic carbocycles. The largest absolute Gasteiger partial charge is 0.461 e. The minimum absolute atomic E-state index is 0.0771. The highest BCUT2D eigenvalue weighted by atomic mass is 31.2. The topological polar surface area (TPSA) is 178 Å². The Labute approximate surface area is 155 Å². The van der Waals surface area contributed by atoms with Gasteiger partial charge in [-0.2, -0.15) is 9.97 Å². The van der Waals surface area contributed by atoms with Crippen molar-refractivity contribution in [3.8, 4) is 6.01 Å². The smallest absolute Gasteiger partial charge is 0.400 e. The van der Waals surface area contributed by atoms with Gasteiger partial charge in [0.15, 0.2) is 11.5 Å². The van der Waals surface area contributed by atoms with Gasteiger partial charge in [0.05, 0.1) is 6.61 Å². The summed E-state index contributed by atoms with van der Waals surface area (Å²) >= 11 is 0. The van der Waals surface area contributed by atoms with Gasteiger partial charge in [0, 0.05) is 20.2 Å². The van der Waals surface area contributed by atoms with E-state index in [1.165, 1.54) is 4.57 Å². The number of H-pyrrole nitrogens is 1. The quantitative estimate of drug-likeness (QED) is 0.238. The third-order valence-electron chi connectivity index (χ3n) is 3.78. The Morgan fingerprint density at radius 1 is 1.22 bits per heavy atom. The predicted molar refractivity (Wildman–Crippen MR) is 98.4 cm³/mol. The van der Waals surface area contributed by atoms with Crippen molar-refractivity contribution in [2.45, 2.75) is 32.2 Å². The lowest BCUT2D eigenvalue weighted by molar-refractivity contribution is 0.141. The fourth-order valence-electron chi connectivity index (χ4n) is 2.49. The molecule has 0 spiro atoms. The molecule has 0 aromatic carbocycles. The number of rotatable bonds is 12. The molecule has 0 atom stereocenters. The van der Waals surface area contributed by atoms with E-state index >= 15 is 0 Å². The zero-order valence-corrected chi connectivity index (χ0v) is 15.9. The van der Waals surface area contributed by atoms with E-state index in [4.69, 9.17) is 25.0 Å². The second kappa shape index (κ2) is 9.81. The van der Waals surface area contributed by atoms with Gasteiger partial charge in [-0.05, 0) is 12.8 Å². The maximum Gasteiger partial charge on any atom is 0.400 e. The number of methoxy groups -OCH3 is 1. The summed E-state index contributed by atoms with van der Waals surface area (Å²) in [4.78, 5) is 40.5. The number of aryl methyl sites for hydroxylation is 1. The van der Waals surface area contributed by atoms with E-state index < -0.39 is 7.75 Å². The molecular weight excluding hydrogens is 379 g/mol. The van der Waals surface area contributed by atoms with Crippen LogP contribution in [0.5, 0.6) is 6.01 Å². The second-order valence-corrected chi connectivity index (χ2v) is 7.28. The van der Waals surface area contributed by atoms with E-state index in [2.05, 4.69) is 20.0 Å². The minimum Gasteiger partial charge on any atom is -0.461 e. The van der Waals surface area contributed by atoms with Crippen LogP contribution in [0.15, 0.2) is 4.79 Å². The number of anilines is 1. The highest BCUT2D eigenvalue weighted by molar-refractivity contribution is 7.49. The maximum absolute atomic E-state index is 12.2.